The minimum absolute atomic E-state index is 0. The minimum atomic E-state index is -0.291. The van der Waals surface area contributed by atoms with Gasteiger partial charge in [-0.3, -0.25) is 0 Å². The van der Waals surface area contributed by atoms with Gasteiger partial charge >= 0.3 is 0 Å². The van der Waals surface area contributed by atoms with Crippen LogP contribution in [0.5, 0.6) is 0 Å². The van der Waals surface area contributed by atoms with Crippen molar-refractivity contribution in [1.82, 2.24) is 4.98 Å². The van der Waals surface area contributed by atoms with Crippen molar-refractivity contribution in [3.05, 3.63) is 41.0 Å². The molecule has 0 bridgehead atoms. The van der Waals surface area contributed by atoms with Crippen molar-refractivity contribution in [2.24, 2.45) is 5.73 Å². The van der Waals surface area contributed by atoms with Gasteiger partial charge < -0.3 is 10.8 Å². The van der Waals surface area contributed by atoms with Gasteiger partial charge in [-0.2, -0.15) is 0 Å². The van der Waals surface area contributed by atoms with Gasteiger partial charge in [0.1, 0.15) is 5.15 Å². The summed E-state index contributed by atoms with van der Waals surface area (Å²) in [5, 5.41) is 10.4. The Bertz CT molecular complexity index is 505. The molecule has 2 rings (SSSR count). The summed E-state index contributed by atoms with van der Waals surface area (Å²) in [6, 6.07) is 9.45. The first kappa shape index (κ1) is 14.2. The second kappa shape index (κ2) is 6.17. The molecule has 0 spiro atoms. The van der Waals surface area contributed by atoms with Crippen LogP contribution in [0.1, 0.15) is 5.56 Å². The Balaban J connectivity index is 0.00000144. The first-order valence-electron chi connectivity index (χ1n) is 5.11. The number of fused-ring (bicyclic) bond motifs is 1. The highest BCUT2D eigenvalue weighted by molar-refractivity contribution is 6.30. The minimum Gasteiger partial charge on any atom is -0.395 e. The van der Waals surface area contributed by atoms with E-state index in [1.165, 1.54) is 0 Å². The zero-order valence-electron chi connectivity index (χ0n) is 9.14. The maximum absolute atomic E-state index is 8.91. The molecule has 0 aliphatic rings. The normalized spacial score (nSPS) is 12.2. The lowest BCUT2D eigenvalue weighted by atomic mass is 10.1. The van der Waals surface area contributed by atoms with Gasteiger partial charge in [-0.1, -0.05) is 29.8 Å². The monoisotopic (exact) mass is 272 g/mol. The van der Waals surface area contributed by atoms with Crippen LogP contribution in [0.3, 0.4) is 0 Å². The van der Waals surface area contributed by atoms with Crippen molar-refractivity contribution in [3.8, 4) is 0 Å². The molecule has 1 atom stereocenters. The maximum Gasteiger partial charge on any atom is 0.133 e. The topological polar surface area (TPSA) is 59.1 Å². The summed E-state index contributed by atoms with van der Waals surface area (Å²) < 4.78 is 0. The standard InChI is InChI=1S/C12H13ClN2O.ClH/c13-12-9(6-10(14)7-16)5-8-3-1-2-4-11(8)15-12;/h1-5,10,16H,6-7,14H2;1H. The lowest BCUT2D eigenvalue weighted by Gasteiger charge is -2.10. The quantitative estimate of drug-likeness (QED) is 0.842. The Kier molecular flexibility index (Phi) is 5.15. The van der Waals surface area contributed by atoms with E-state index in [0.29, 0.717) is 11.6 Å². The van der Waals surface area contributed by atoms with E-state index in [0.717, 1.165) is 16.5 Å². The zero-order chi connectivity index (χ0) is 11.5. The molecular formula is C12H14Cl2N2O. The van der Waals surface area contributed by atoms with E-state index in [1.54, 1.807) is 0 Å². The number of hydrogen-bond donors (Lipinski definition) is 2. The number of rotatable bonds is 3. The van der Waals surface area contributed by atoms with Crippen LogP contribution in [0.2, 0.25) is 5.15 Å². The SMILES string of the molecule is Cl.NC(CO)Cc1cc2ccccc2nc1Cl. The molecule has 3 N–H and O–H groups in total. The van der Waals surface area contributed by atoms with Crippen molar-refractivity contribution in [2.75, 3.05) is 6.61 Å². The van der Waals surface area contributed by atoms with E-state index in [2.05, 4.69) is 4.98 Å². The predicted octanol–water partition coefficient (Wildman–Crippen LogP) is 2.17. The van der Waals surface area contributed by atoms with Crippen molar-refractivity contribution in [3.63, 3.8) is 0 Å². The molecule has 2 aromatic rings. The smallest absolute Gasteiger partial charge is 0.133 e. The molecule has 0 amide bonds. The van der Waals surface area contributed by atoms with E-state index in [-0.39, 0.29) is 25.1 Å². The number of pyridine rings is 1. The van der Waals surface area contributed by atoms with Gasteiger partial charge in [0.15, 0.2) is 0 Å². The third kappa shape index (κ3) is 3.30. The van der Waals surface area contributed by atoms with Crippen molar-refractivity contribution in [1.29, 1.82) is 0 Å². The number of nitrogens with zero attached hydrogens (tertiary/aromatic N) is 1. The molecule has 0 saturated carbocycles. The van der Waals surface area contributed by atoms with Gasteiger partial charge in [0.2, 0.25) is 0 Å². The Morgan fingerprint density at radius 3 is 2.76 bits per heavy atom. The number of aliphatic hydroxyl groups excluding tert-OH is 1. The zero-order valence-corrected chi connectivity index (χ0v) is 10.7. The number of para-hydroxylation sites is 1. The number of nitrogens with two attached hydrogens (primary N) is 1. The first-order valence-corrected chi connectivity index (χ1v) is 5.49. The molecule has 17 heavy (non-hydrogen) atoms. The summed E-state index contributed by atoms with van der Waals surface area (Å²) >= 11 is 6.06. The van der Waals surface area contributed by atoms with E-state index in [4.69, 9.17) is 22.4 Å². The molecular weight excluding hydrogens is 259 g/mol. The Morgan fingerprint density at radius 2 is 2.06 bits per heavy atom. The third-order valence-electron chi connectivity index (χ3n) is 2.47. The second-order valence-electron chi connectivity index (χ2n) is 3.78. The average molecular weight is 273 g/mol. The molecule has 1 heterocycles. The Hall–Kier alpha value is -0.870. The molecule has 1 aromatic carbocycles. The molecule has 1 aromatic heterocycles. The number of benzene rings is 1. The molecule has 1 unspecified atom stereocenters. The van der Waals surface area contributed by atoms with Crippen LogP contribution in [-0.2, 0) is 6.42 Å². The number of halogens is 2. The van der Waals surface area contributed by atoms with Crippen LogP contribution < -0.4 is 5.73 Å². The largest absolute Gasteiger partial charge is 0.395 e. The van der Waals surface area contributed by atoms with Gasteiger partial charge in [0, 0.05) is 11.4 Å². The second-order valence-corrected chi connectivity index (χ2v) is 4.14. The molecule has 3 nitrogen and oxygen atoms in total. The highest BCUT2D eigenvalue weighted by Crippen LogP contribution is 2.21. The summed E-state index contributed by atoms with van der Waals surface area (Å²) in [7, 11) is 0. The van der Waals surface area contributed by atoms with Gasteiger partial charge in [-0.25, -0.2) is 4.98 Å². The van der Waals surface area contributed by atoms with Crippen molar-refractivity contribution >= 4 is 34.9 Å². The Labute approximate surface area is 111 Å². The maximum atomic E-state index is 8.91. The summed E-state index contributed by atoms with van der Waals surface area (Å²) in [6.07, 6.45) is 0.535. The summed E-state index contributed by atoms with van der Waals surface area (Å²) in [5.74, 6) is 0. The number of aliphatic hydroxyl groups is 1. The van der Waals surface area contributed by atoms with E-state index >= 15 is 0 Å². The molecule has 0 fully saturated rings. The molecule has 0 aliphatic carbocycles. The van der Waals surface area contributed by atoms with Gasteiger partial charge in [-0.05, 0) is 24.1 Å². The van der Waals surface area contributed by atoms with Gasteiger partial charge in [0.25, 0.3) is 0 Å². The van der Waals surface area contributed by atoms with Crippen LogP contribution in [-0.4, -0.2) is 22.7 Å². The van der Waals surface area contributed by atoms with Crippen LogP contribution in [0.4, 0.5) is 0 Å². The number of hydrogen-bond acceptors (Lipinski definition) is 3. The summed E-state index contributed by atoms with van der Waals surface area (Å²) in [4.78, 5) is 4.29. The molecule has 0 aliphatic heterocycles. The predicted molar refractivity (Wildman–Crippen MR) is 72.8 cm³/mol. The van der Waals surface area contributed by atoms with Crippen LogP contribution in [0.25, 0.3) is 10.9 Å². The Morgan fingerprint density at radius 1 is 1.35 bits per heavy atom. The molecule has 0 saturated heterocycles. The van der Waals surface area contributed by atoms with Crippen LogP contribution in [0.15, 0.2) is 30.3 Å². The lowest BCUT2D eigenvalue weighted by Crippen LogP contribution is -2.27. The fourth-order valence-electron chi connectivity index (χ4n) is 1.63. The summed E-state index contributed by atoms with van der Waals surface area (Å²) in [6.45, 7) is -0.0524. The number of aromatic nitrogens is 1. The fourth-order valence-corrected chi connectivity index (χ4v) is 1.85. The third-order valence-corrected chi connectivity index (χ3v) is 2.79. The molecule has 0 radical (unpaired) electrons. The van der Waals surface area contributed by atoms with E-state index in [9.17, 15) is 0 Å². The highest BCUT2D eigenvalue weighted by Gasteiger charge is 2.08. The average Bonchev–Trinajstić information content (AvgIpc) is 2.30. The van der Waals surface area contributed by atoms with E-state index in [1.807, 2.05) is 30.3 Å². The van der Waals surface area contributed by atoms with Crippen molar-refractivity contribution < 1.29 is 5.11 Å². The van der Waals surface area contributed by atoms with Crippen LogP contribution >= 0.6 is 24.0 Å². The summed E-state index contributed by atoms with van der Waals surface area (Å²) in [5.41, 5.74) is 7.43. The van der Waals surface area contributed by atoms with Gasteiger partial charge in [0.05, 0.1) is 12.1 Å². The molecule has 5 heteroatoms. The van der Waals surface area contributed by atoms with E-state index < -0.39 is 0 Å². The lowest BCUT2D eigenvalue weighted by molar-refractivity contribution is 0.265. The van der Waals surface area contributed by atoms with Crippen molar-refractivity contribution in [2.45, 2.75) is 12.5 Å². The fraction of sp³-hybridized carbons (Fsp3) is 0.250. The highest BCUT2D eigenvalue weighted by atomic mass is 35.5. The first-order chi connectivity index (χ1) is 7.70. The molecule has 92 valence electrons. The van der Waals surface area contributed by atoms with Gasteiger partial charge in [-0.15, -0.1) is 12.4 Å². The van der Waals surface area contributed by atoms with Crippen LogP contribution in [0, 0.1) is 0 Å².